The number of hydrogen-bond acceptors (Lipinski definition) is 1. The van der Waals surface area contributed by atoms with Crippen molar-refractivity contribution in [2.45, 2.75) is 44.6 Å². The van der Waals surface area contributed by atoms with Gasteiger partial charge in [0, 0.05) is 6.04 Å². The van der Waals surface area contributed by atoms with Crippen LogP contribution in [0.15, 0.2) is 36.9 Å². The second-order valence-electron chi connectivity index (χ2n) is 4.89. The first kappa shape index (κ1) is 12.4. The minimum Gasteiger partial charge on any atom is -0.313 e. The Kier molecular flexibility index (Phi) is 4.38. The third kappa shape index (κ3) is 2.78. The molecule has 0 radical (unpaired) electrons. The Hall–Kier alpha value is -1.08. The maximum atomic E-state index is 3.89. The van der Waals surface area contributed by atoms with Crippen molar-refractivity contribution in [1.82, 2.24) is 5.32 Å². The predicted octanol–water partition coefficient (Wildman–Crippen LogP) is 3.66. The third-order valence-corrected chi connectivity index (χ3v) is 3.79. The molecule has 1 N–H and O–H groups in total. The molecule has 0 amide bonds. The van der Waals surface area contributed by atoms with Gasteiger partial charge in [0.2, 0.25) is 0 Å². The van der Waals surface area contributed by atoms with Crippen molar-refractivity contribution in [3.05, 3.63) is 48.0 Å². The van der Waals surface area contributed by atoms with Gasteiger partial charge in [0.15, 0.2) is 0 Å². The highest BCUT2D eigenvalue weighted by molar-refractivity contribution is 5.33. The quantitative estimate of drug-likeness (QED) is 0.760. The highest BCUT2D eigenvalue weighted by Gasteiger charge is 2.26. The molecule has 1 aromatic rings. The van der Waals surface area contributed by atoms with E-state index in [1.54, 1.807) is 11.1 Å². The summed E-state index contributed by atoms with van der Waals surface area (Å²) in [5, 5.41) is 3.62. The molecule has 2 atom stereocenters. The Balaban J connectivity index is 2.23. The molecule has 1 aliphatic rings. The van der Waals surface area contributed by atoms with Crippen molar-refractivity contribution in [3.63, 3.8) is 0 Å². The molecule has 0 heterocycles. The first-order valence-corrected chi connectivity index (χ1v) is 6.79. The predicted molar refractivity (Wildman–Crippen MR) is 74.4 cm³/mol. The second-order valence-corrected chi connectivity index (χ2v) is 4.89. The Labute approximate surface area is 105 Å². The zero-order valence-electron chi connectivity index (χ0n) is 10.8. The number of likely N-dealkylation sites (N-methyl/N-ethyl adjacent to an activating group) is 1. The lowest BCUT2D eigenvalue weighted by atomic mass is 9.78. The molecule has 0 aliphatic heterocycles. The molecule has 2 unspecified atom stereocenters. The molecule has 0 fully saturated rings. The van der Waals surface area contributed by atoms with Crippen molar-refractivity contribution >= 4 is 0 Å². The Morgan fingerprint density at radius 3 is 3.06 bits per heavy atom. The van der Waals surface area contributed by atoms with Crippen LogP contribution >= 0.6 is 0 Å². The van der Waals surface area contributed by atoms with Crippen LogP contribution in [0.1, 0.15) is 43.2 Å². The van der Waals surface area contributed by atoms with Crippen LogP contribution in [0, 0.1) is 0 Å². The van der Waals surface area contributed by atoms with E-state index >= 15 is 0 Å². The first-order valence-electron chi connectivity index (χ1n) is 6.79. The summed E-state index contributed by atoms with van der Waals surface area (Å²) in [5.41, 5.74) is 3.11. The summed E-state index contributed by atoms with van der Waals surface area (Å²) in [4.78, 5) is 0. The molecule has 0 aromatic heterocycles. The van der Waals surface area contributed by atoms with Crippen molar-refractivity contribution in [2.75, 3.05) is 6.54 Å². The van der Waals surface area contributed by atoms with Crippen LogP contribution in [-0.4, -0.2) is 12.6 Å². The van der Waals surface area contributed by atoms with Crippen LogP contribution in [0.5, 0.6) is 0 Å². The number of fused-ring (bicyclic) bond motifs is 1. The average molecular weight is 229 g/mol. The van der Waals surface area contributed by atoms with Gasteiger partial charge in [-0.1, -0.05) is 37.3 Å². The van der Waals surface area contributed by atoms with Crippen LogP contribution in [0.2, 0.25) is 0 Å². The van der Waals surface area contributed by atoms with Gasteiger partial charge in [-0.05, 0) is 49.3 Å². The van der Waals surface area contributed by atoms with Crippen LogP contribution in [0.25, 0.3) is 0 Å². The van der Waals surface area contributed by atoms with Gasteiger partial charge in [0.25, 0.3) is 0 Å². The van der Waals surface area contributed by atoms with Crippen LogP contribution in [-0.2, 0) is 6.42 Å². The van der Waals surface area contributed by atoms with Gasteiger partial charge >= 0.3 is 0 Å². The van der Waals surface area contributed by atoms with E-state index in [1.165, 1.54) is 19.3 Å². The number of rotatable bonds is 5. The molecular weight excluding hydrogens is 206 g/mol. The first-order chi connectivity index (χ1) is 8.36. The van der Waals surface area contributed by atoms with Crippen LogP contribution < -0.4 is 5.32 Å². The number of benzene rings is 1. The number of aryl methyl sites for hydroxylation is 1. The van der Waals surface area contributed by atoms with Crippen LogP contribution in [0.3, 0.4) is 0 Å². The summed E-state index contributed by atoms with van der Waals surface area (Å²) in [5.74, 6) is 0.665. The Morgan fingerprint density at radius 1 is 1.47 bits per heavy atom. The van der Waals surface area contributed by atoms with Crippen LogP contribution in [0.4, 0.5) is 0 Å². The number of hydrogen-bond donors (Lipinski definition) is 1. The fourth-order valence-electron chi connectivity index (χ4n) is 3.04. The molecule has 0 saturated heterocycles. The number of nitrogens with one attached hydrogen (secondary N) is 1. The summed E-state index contributed by atoms with van der Waals surface area (Å²) in [7, 11) is 0. The lowest BCUT2D eigenvalue weighted by Crippen LogP contribution is -2.36. The van der Waals surface area contributed by atoms with E-state index in [9.17, 15) is 0 Å². The van der Waals surface area contributed by atoms with Gasteiger partial charge in [-0.2, -0.15) is 0 Å². The SMILES string of the molecule is C=CCC(NCC)C1CCCc2ccccc21. The molecule has 1 heteroatoms. The van der Waals surface area contributed by atoms with Gasteiger partial charge < -0.3 is 5.32 Å². The van der Waals surface area contributed by atoms with Gasteiger partial charge in [0.1, 0.15) is 0 Å². The molecule has 1 nitrogen and oxygen atoms in total. The molecule has 17 heavy (non-hydrogen) atoms. The fraction of sp³-hybridized carbons (Fsp3) is 0.500. The molecule has 92 valence electrons. The van der Waals surface area contributed by atoms with E-state index in [-0.39, 0.29) is 0 Å². The van der Waals surface area contributed by atoms with Crippen molar-refractivity contribution in [1.29, 1.82) is 0 Å². The molecule has 1 aromatic carbocycles. The molecule has 0 saturated carbocycles. The van der Waals surface area contributed by atoms with Gasteiger partial charge in [0.05, 0.1) is 0 Å². The van der Waals surface area contributed by atoms with Crippen molar-refractivity contribution in [2.24, 2.45) is 0 Å². The van der Waals surface area contributed by atoms with E-state index in [0.717, 1.165) is 13.0 Å². The maximum absolute atomic E-state index is 3.89. The Bertz CT molecular complexity index is 370. The van der Waals surface area contributed by atoms with E-state index in [4.69, 9.17) is 0 Å². The standard InChI is InChI=1S/C16H23N/c1-3-8-16(17-4-2)15-12-7-10-13-9-5-6-11-14(13)15/h3,5-6,9,11,15-17H,1,4,7-8,10,12H2,2H3. The second kappa shape index (κ2) is 6.02. The van der Waals surface area contributed by atoms with E-state index < -0.39 is 0 Å². The zero-order chi connectivity index (χ0) is 12.1. The minimum absolute atomic E-state index is 0.555. The normalized spacial score (nSPS) is 20.6. The summed E-state index contributed by atoms with van der Waals surface area (Å²) < 4.78 is 0. The Morgan fingerprint density at radius 2 is 2.29 bits per heavy atom. The topological polar surface area (TPSA) is 12.0 Å². The summed E-state index contributed by atoms with van der Waals surface area (Å²) >= 11 is 0. The lowest BCUT2D eigenvalue weighted by Gasteiger charge is -2.32. The third-order valence-electron chi connectivity index (χ3n) is 3.79. The van der Waals surface area contributed by atoms with E-state index in [0.29, 0.717) is 12.0 Å². The van der Waals surface area contributed by atoms with Crippen molar-refractivity contribution < 1.29 is 0 Å². The van der Waals surface area contributed by atoms with Gasteiger partial charge in [-0.3, -0.25) is 0 Å². The fourth-order valence-corrected chi connectivity index (χ4v) is 3.04. The summed E-state index contributed by atoms with van der Waals surface area (Å²) in [6.07, 6.45) is 6.99. The summed E-state index contributed by atoms with van der Waals surface area (Å²) in [6, 6.07) is 9.50. The smallest absolute Gasteiger partial charge is 0.0170 e. The highest BCUT2D eigenvalue weighted by atomic mass is 14.9. The highest BCUT2D eigenvalue weighted by Crippen LogP contribution is 2.34. The van der Waals surface area contributed by atoms with Gasteiger partial charge in [-0.25, -0.2) is 0 Å². The minimum atomic E-state index is 0.555. The lowest BCUT2D eigenvalue weighted by molar-refractivity contribution is 0.400. The largest absolute Gasteiger partial charge is 0.313 e. The average Bonchev–Trinajstić information content (AvgIpc) is 2.38. The van der Waals surface area contributed by atoms with E-state index in [2.05, 4.69) is 43.1 Å². The van der Waals surface area contributed by atoms with Crippen molar-refractivity contribution in [3.8, 4) is 0 Å². The van der Waals surface area contributed by atoms with Gasteiger partial charge in [-0.15, -0.1) is 6.58 Å². The zero-order valence-corrected chi connectivity index (χ0v) is 10.8. The molecule has 0 bridgehead atoms. The molecule has 2 rings (SSSR count). The molecule has 0 spiro atoms. The molecular formula is C16H23N. The maximum Gasteiger partial charge on any atom is 0.0170 e. The molecule has 1 aliphatic carbocycles. The summed E-state index contributed by atoms with van der Waals surface area (Å²) in [6.45, 7) is 7.12. The van der Waals surface area contributed by atoms with E-state index in [1.807, 2.05) is 6.08 Å². The monoisotopic (exact) mass is 229 g/mol.